The van der Waals surface area contributed by atoms with Crippen molar-refractivity contribution >= 4 is 6.09 Å². The number of ether oxygens (including phenoxy) is 2. The van der Waals surface area contributed by atoms with Crippen molar-refractivity contribution in [2.24, 2.45) is 0 Å². The minimum Gasteiger partial charge on any atom is -0.444 e. The van der Waals surface area contributed by atoms with E-state index in [4.69, 9.17) is 9.47 Å². The summed E-state index contributed by atoms with van der Waals surface area (Å²) < 4.78 is 90.5. The molecule has 1 amide bonds. The van der Waals surface area contributed by atoms with E-state index in [1.54, 1.807) is 25.7 Å². The van der Waals surface area contributed by atoms with E-state index in [0.29, 0.717) is 31.5 Å². The zero-order valence-corrected chi connectivity index (χ0v) is 20.3. The normalized spacial score (nSPS) is 19.3. The highest BCUT2D eigenvalue weighted by Gasteiger charge is 2.41. The van der Waals surface area contributed by atoms with Crippen molar-refractivity contribution in [2.45, 2.75) is 63.6 Å². The summed E-state index contributed by atoms with van der Waals surface area (Å²) in [6.45, 7) is 5.52. The third-order valence-corrected chi connectivity index (χ3v) is 5.91. The number of piperidine rings is 1. The molecule has 0 N–H and O–H groups in total. The van der Waals surface area contributed by atoms with E-state index in [1.165, 1.54) is 0 Å². The largest absolute Gasteiger partial charge is 0.444 e. The molecule has 3 rings (SSSR count). The number of benzene rings is 2. The first kappa shape index (κ1) is 27.8. The summed E-state index contributed by atoms with van der Waals surface area (Å²) in [6, 6.07) is 10.6. The molecule has 1 unspecified atom stereocenters. The van der Waals surface area contributed by atoms with Crippen molar-refractivity contribution in [1.82, 2.24) is 4.90 Å². The summed E-state index contributed by atoms with van der Waals surface area (Å²) in [4.78, 5) is 14.3. The second-order valence-electron chi connectivity index (χ2n) is 10.1. The van der Waals surface area contributed by atoms with Crippen LogP contribution in [0.15, 0.2) is 48.5 Å². The van der Waals surface area contributed by atoms with Crippen LogP contribution < -0.4 is 0 Å². The lowest BCUT2D eigenvalue weighted by molar-refractivity contribution is -0.143. The summed E-state index contributed by atoms with van der Waals surface area (Å²) in [5, 5.41) is 0. The first-order valence-electron chi connectivity index (χ1n) is 11.5. The maximum Gasteiger partial charge on any atom is 0.416 e. The first-order valence-corrected chi connectivity index (χ1v) is 11.5. The summed E-state index contributed by atoms with van der Waals surface area (Å²) in [6.07, 6.45) is -9.11. The van der Waals surface area contributed by atoms with Crippen LogP contribution in [0.4, 0.5) is 31.1 Å². The van der Waals surface area contributed by atoms with Crippen LogP contribution in [0.2, 0.25) is 0 Å². The lowest BCUT2D eigenvalue weighted by Gasteiger charge is -2.43. The first-order chi connectivity index (χ1) is 16.6. The van der Waals surface area contributed by atoms with Crippen molar-refractivity contribution < 1.29 is 40.6 Å². The number of amides is 1. The van der Waals surface area contributed by atoms with Crippen LogP contribution >= 0.6 is 0 Å². The minimum atomic E-state index is -4.93. The average molecular weight is 518 g/mol. The molecule has 198 valence electrons. The van der Waals surface area contributed by atoms with Crippen molar-refractivity contribution in [3.8, 4) is 0 Å². The van der Waals surface area contributed by atoms with Gasteiger partial charge in [-0.25, -0.2) is 4.79 Å². The Bertz CT molecular complexity index is 1010. The highest BCUT2D eigenvalue weighted by Crippen LogP contribution is 2.38. The van der Waals surface area contributed by atoms with Crippen molar-refractivity contribution in [1.29, 1.82) is 0 Å². The molecule has 2 aromatic rings. The van der Waals surface area contributed by atoms with Gasteiger partial charge >= 0.3 is 18.4 Å². The van der Waals surface area contributed by atoms with Gasteiger partial charge < -0.3 is 14.4 Å². The molecule has 0 spiro atoms. The summed E-state index contributed by atoms with van der Waals surface area (Å²) in [5.74, 6) is 0. The second kappa shape index (κ2) is 10.3. The Kier molecular flexibility index (Phi) is 7.98. The number of hydrogen-bond donors (Lipinski definition) is 0. The molecular formula is C26H29F6NO3. The van der Waals surface area contributed by atoms with Crippen LogP contribution in [0.3, 0.4) is 0 Å². The molecule has 0 radical (unpaired) electrons. The van der Waals surface area contributed by atoms with Crippen molar-refractivity contribution in [2.75, 3.05) is 19.7 Å². The fourth-order valence-corrected chi connectivity index (χ4v) is 4.31. The number of hydrogen-bond acceptors (Lipinski definition) is 3. The van der Waals surface area contributed by atoms with Crippen LogP contribution in [-0.2, 0) is 33.8 Å². The zero-order valence-electron chi connectivity index (χ0n) is 20.3. The Labute approximate surface area is 206 Å². The number of nitrogens with zero attached hydrogens (tertiary/aromatic N) is 1. The number of carbonyl (C=O) groups excluding carboxylic acids is 1. The third kappa shape index (κ3) is 7.15. The number of rotatable bonds is 5. The van der Waals surface area contributed by atoms with Crippen LogP contribution in [0, 0.1) is 0 Å². The SMILES string of the molecule is CC(C)(C)OC(=O)N1CCCC(COCc2cc(C(F)(F)F)cc(C(F)(F)F)c2)(c2ccccc2)C1. The lowest BCUT2D eigenvalue weighted by Crippen LogP contribution is -2.51. The highest BCUT2D eigenvalue weighted by atomic mass is 19.4. The Hall–Kier alpha value is -2.75. The van der Waals surface area contributed by atoms with Gasteiger partial charge in [-0.2, -0.15) is 26.3 Å². The molecular weight excluding hydrogens is 488 g/mol. The maximum atomic E-state index is 13.2. The number of carbonyl (C=O) groups is 1. The van der Waals surface area contributed by atoms with E-state index >= 15 is 0 Å². The van der Waals surface area contributed by atoms with Crippen LogP contribution in [0.1, 0.15) is 55.9 Å². The predicted molar refractivity (Wildman–Crippen MR) is 121 cm³/mol. The van der Waals surface area contributed by atoms with Gasteiger partial charge in [0.15, 0.2) is 0 Å². The van der Waals surface area contributed by atoms with Crippen LogP contribution in [0.25, 0.3) is 0 Å². The quantitative estimate of drug-likeness (QED) is 0.394. The molecule has 1 aliphatic rings. The molecule has 1 saturated heterocycles. The zero-order chi connectivity index (χ0) is 26.8. The maximum absolute atomic E-state index is 13.2. The van der Waals surface area contributed by atoms with Gasteiger partial charge in [-0.1, -0.05) is 30.3 Å². The number of halogens is 6. The van der Waals surface area contributed by atoms with Gasteiger partial charge in [0, 0.05) is 18.5 Å². The molecule has 4 nitrogen and oxygen atoms in total. The van der Waals surface area contributed by atoms with E-state index in [1.807, 2.05) is 30.3 Å². The van der Waals surface area contributed by atoms with Crippen molar-refractivity contribution in [3.05, 3.63) is 70.8 Å². The summed E-state index contributed by atoms with van der Waals surface area (Å²) in [7, 11) is 0. The molecule has 36 heavy (non-hydrogen) atoms. The fraction of sp³-hybridized carbons (Fsp3) is 0.500. The lowest BCUT2D eigenvalue weighted by atomic mass is 9.74. The minimum absolute atomic E-state index is 0.00604. The van der Waals surface area contributed by atoms with Crippen LogP contribution in [0.5, 0.6) is 0 Å². The van der Waals surface area contributed by atoms with E-state index in [-0.39, 0.29) is 24.8 Å². The Morgan fingerprint density at radius 2 is 1.53 bits per heavy atom. The van der Waals surface area contributed by atoms with Gasteiger partial charge in [0.05, 0.1) is 24.3 Å². The fourth-order valence-electron chi connectivity index (χ4n) is 4.31. The smallest absolute Gasteiger partial charge is 0.416 e. The van der Waals surface area contributed by atoms with Gasteiger partial charge in [-0.05, 0) is 62.9 Å². The molecule has 1 atom stereocenters. The second-order valence-corrected chi connectivity index (χ2v) is 10.1. The molecule has 1 heterocycles. The van der Waals surface area contributed by atoms with Gasteiger partial charge in [0.25, 0.3) is 0 Å². The Morgan fingerprint density at radius 1 is 0.944 bits per heavy atom. The third-order valence-electron chi connectivity index (χ3n) is 5.91. The van der Waals surface area contributed by atoms with E-state index in [9.17, 15) is 31.1 Å². The van der Waals surface area contributed by atoms with E-state index in [0.717, 1.165) is 5.56 Å². The predicted octanol–water partition coefficient (Wildman–Crippen LogP) is 7.21. The highest BCUT2D eigenvalue weighted by molar-refractivity contribution is 5.68. The van der Waals surface area contributed by atoms with Gasteiger partial charge in [-0.3, -0.25) is 0 Å². The number of likely N-dealkylation sites (tertiary alicyclic amines) is 1. The molecule has 2 aromatic carbocycles. The molecule has 0 bridgehead atoms. The van der Waals surface area contributed by atoms with E-state index in [2.05, 4.69) is 0 Å². The van der Waals surface area contributed by atoms with E-state index < -0.39 is 47.2 Å². The van der Waals surface area contributed by atoms with Crippen LogP contribution in [-0.4, -0.2) is 36.3 Å². The van der Waals surface area contributed by atoms with Gasteiger partial charge in [-0.15, -0.1) is 0 Å². The van der Waals surface area contributed by atoms with Gasteiger partial charge in [0.2, 0.25) is 0 Å². The van der Waals surface area contributed by atoms with Crippen molar-refractivity contribution in [3.63, 3.8) is 0 Å². The molecule has 0 saturated carbocycles. The standard InChI is InChI=1S/C26H29F6NO3/c1-23(2,3)36-22(34)33-11-7-10-24(16-33,19-8-5-4-6-9-19)17-35-15-18-12-20(25(27,28)29)14-21(13-18)26(30,31)32/h4-6,8-9,12-14H,7,10-11,15-17H2,1-3H3. The topological polar surface area (TPSA) is 38.8 Å². The molecule has 0 aromatic heterocycles. The Morgan fingerprint density at radius 3 is 2.06 bits per heavy atom. The monoisotopic (exact) mass is 517 g/mol. The Balaban J connectivity index is 1.84. The molecule has 1 aliphatic heterocycles. The summed E-state index contributed by atoms with van der Waals surface area (Å²) >= 11 is 0. The molecule has 10 heteroatoms. The van der Waals surface area contributed by atoms with Gasteiger partial charge in [0.1, 0.15) is 5.60 Å². The number of alkyl halides is 6. The molecule has 1 fully saturated rings. The molecule has 0 aliphatic carbocycles. The average Bonchev–Trinajstić information content (AvgIpc) is 2.77. The summed E-state index contributed by atoms with van der Waals surface area (Å²) in [5.41, 5.74) is -3.55.